The van der Waals surface area contributed by atoms with Gasteiger partial charge in [-0.1, -0.05) is 27.7 Å². The largest absolute Gasteiger partial charge is 0.466 e. The minimum atomic E-state index is -0.543. The van der Waals surface area contributed by atoms with Crippen LogP contribution in [0.5, 0.6) is 0 Å². The van der Waals surface area contributed by atoms with Crippen LogP contribution in [0.2, 0.25) is 0 Å². The summed E-state index contributed by atoms with van der Waals surface area (Å²) in [6.07, 6.45) is 8.22. The van der Waals surface area contributed by atoms with Gasteiger partial charge in [-0.25, -0.2) is 14.8 Å². The Kier molecular flexibility index (Phi) is 8.63. The number of fused-ring (bicyclic) bond motifs is 5. The number of anilines is 1. The molecular weight excluding hydrogens is 594 g/mol. The average molecular weight is 638 g/mol. The van der Waals surface area contributed by atoms with Crippen molar-refractivity contribution in [3.05, 3.63) is 78.7 Å². The second kappa shape index (κ2) is 12.5. The van der Waals surface area contributed by atoms with Crippen molar-refractivity contribution < 1.29 is 18.7 Å². The molecule has 6 rings (SSSR count). The van der Waals surface area contributed by atoms with Crippen molar-refractivity contribution in [3.8, 4) is 0 Å². The van der Waals surface area contributed by atoms with Crippen LogP contribution in [0, 0.1) is 23.7 Å². The van der Waals surface area contributed by atoms with Crippen LogP contribution in [0.15, 0.2) is 76.4 Å². The van der Waals surface area contributed by atoms with Gasteiger partial charge in [-0.2, -0.15) is 0 Å². The summed E-state index contributed by atoms with van der Waals surface area (Å²) in [4.78, 5) is 54.7. The molecule has 5 aliphatic heterocycles. The summed E-state index contributed by atoms with van der Waals surface area (Å²) in [6.45, 7) is 14.2. The predicted octanol–water partition coefficient (Wildman–Crippen LogP) is 4.89. The van der Waals surface area contributed by atoms with Crippen LogP contribution in [-0.2, 0) is 14.3 Å². The second-order valence-corrected chi connectivity index (χ2v) is 13.0. The maximum atomic E-state index is 13.9. The molecule has 0 radical (unpaired) electrons. The number of rotatable bonds is 8. The third-order valence-electron chi connectivity index (χ3n) is 10.1. The fraction of sp³-hybridized carbons (Fsp3) is 0.459. The molecule has 10 nitrogen and oxygen atoms in total. The minimum absolute atomic E-state index is 0.0570. The zero-order valence-electron chi connectivity index (χ0n) is 28.5. The normalized spacial score (nSPS) is 24.3. The van der Waals surface area contributed by atoms with Gasteiger partial charge in [0.2, 0.25) is 5.88 Å². The molecule has 1 aromatic rings. The van der Waals surface area contributed by atoms with Gasteiger partial charge in [-0.15, -0.1) is 0 Å². The van der Waals surface area contributed by atoms with Gasteiger partial charge in [0.1, 0.15) is 5.22 Å². The predicted molar refractivity (Wildman–Crippen MR) is 183 cm³/mol. The molecule has 47 heavy (non-hydrogen) atoms. The number of aliphatic imine (C=N–C) groups is 2. The van der Waals surface area contributed by atoms with Gasteiger partial charge in [0, 0.05) is 59.8 Å². The first kappa shape index (κ1) is 32.3. The summed E-state index contributed by atoms with van der Waals surface area (Å²) in [5, 5.41) is 7.52. The second-order valence-electron chi connectivity index (χ2n) is 13.0. The van der Waals surface area contributed by atoms with Crippen LogP contribution >= 0.6 is 0 Å². The maximum absolute atomic E-state index is 13.9. The van der Waals surface area contributed by atoms with Gasteiger partial charge in [-0.05, 0) is 69.4 Å². The monoisotopic (exact) mass is 637 g/mol. The van der Waals surface area contributed by atoms with Crippen molar-refractivity contribution in [1.29, 1.82) is 0 Å². The average Bonchev–Trinajstić information content (AvgIpc) is 3.71. The van der Waals surface area contributed by atoms with Crippen molar-refractivity contribution in [3.63, 3.8) is 0 Å². The number of carbonyl (C=O) groups is 2. The highest BCUT2D eigenvalue weighted by Gasteiger charge is 2.37. The topological polar surface area (TPSA) is 135 Å². The Morgan fingerprint density at radius 3 is 2.45 bits per heavy atom. The van der Waals surface area contributed by atoms with Crippen molar-refractivity contribution in [2.24, 2.45) is 38.6 Å². The first-order valence-corrected chi connectivity index (χ1v) is 16.6. The van der Waals surface area contributed by atoms with Crippen molar-refractivity contribution in [2.75, 3.05) is 19.0 Å². The van der Waals surface area contributed by atoms with E-state index in [1.165, 1.54) is 0 Å². The number of nitrogens with zero attached hydrogens (tertiary/aromatic N) is 3. The Labute approximate surface area is 274 Å². The number of ether oxygens (including phenoxy) is 1. The molecule has 8 bridgehead atoms. The first-order valence-electron chi connectivity index (χ1n) is 16.6. The molecular formula is C37H43N5O5. The highest BCUT2D eigenvalue weighted by atomic mass is 16.5. The standard InChI is InChI=1S/C37H43N5O5/c1-9-13-46-30(44)12-11-23-18(4)25-14-26-19(5)31(21(7)43)29(40-26)16-24-17(3)22(10-2)28(39-24)15-27-20(6)32-35(42-27)33(34(23)41-25)37(45)47-36(32)38-8/h14-18,22-23,38-39H,9-13H2,1-8H3/t17-,18+,22-,23+/m1/s1. The van der Waals surface area contributed by atoms with Crippen molar-refractivity contribution >= 4 is 40.3 Å². The van der Waals surface area contributed by atoms with E-state index < -0.39 is 5.63 Å². The summed E-state index contributed by atoms with van der Waals surface area (Å²) < 4.78 is 11.3. The van der Waals surface area contributed by atoms with E-state index in [-0.39, 0.29) is 41.8 Å². The van der Waals surface area contributed by atoms with E-state index >= 15 is 0 Å². The fourth-order valence-corrected chi connectivity index (χ4v) is 7.44. The summed E-state index contributed by atoms with van der Waals surface area (Å²) in [7, 11) is 1.72. The molecule has 1 fully saturated rings. The highest BCUT2D eigenvalue weighted by Crippen LogP contribution is 2.40. The van der Waals surface area contributed by atoms with Crippen molar-refractivity contribution in [2.45, 2.75) is 74.1 Å². The lowest BCUT2D eigenvalue weighted by Gasteiger charge is -2.17. The molecule has 5 aliphatic rings. The molecule has 10 heteroatoms. The number of hydrogen-bond donors (Lipinski definition) is 2. The Hall–Kier alpha value is -4.60. The number of hydrogen-bond acceptors (Lipinski definition) is 10. The highest BCUT2D eigenvalue weighted by molar-refractivity contribution is 6.29. The zero-order chi connectivity index (χ0) is 33.7. The maximum Gasteiger partial charge on any atom is 0.348 e. The van der Waals surface area contributed by atoms with Crippen LogP contribution in [-0.4, -0.2) is 36.8 Å². The molecule has 0 unspecified atom stereocenters. The number of ketones is 1. The van der Waals surface area contributed by atoms with E-state index in [9.17, 15) is 14.4 Å². The third kappa shape index (κ3) is 5.47. The summed E-state index contributed by atoms with van der Waals surface area (Å²) in [5.41, 5.74) is 7.69. The lowest BCUT2D eigenvalue weighted by Crippen LogP contribution is -2.43. The van der Waals surface area contributed by atoms with E-state index in [2.05, 4.69) is 30.6 Å². The van der Waals surface area contributed by atoms with Crippen LogP contribution < -0.4 is 26.8 Å². The van der Waals surface area contributed by atoms with Crippen molar-refractivity contribution in [1.82, 2.24) is 5.32 Å². The summed E-state index contributed by atoms with van der Waals surface area (Å²) in [6, 6.07) is 0. The Balaban J connectivity index is 1.66. The number of nitrogens with one attached hydrogen (secondary N) is 2. The van der Waals surface area contributed by atoms with Gasteiger partial charge >= 0.3 is 11.6 Å². The molecule has 0 amide bonds. The lowest BCUT2D eigenvalue weighted by atomic mass is 9.85. The summed E-state index contributed by atoms with van der Waals surface area (Å²) >= 11 is 0. The molecule has 0 aliphatic carbocycles. The Bertz CT molecular complexity index is 2000. The number of allylic oxidation sites excluding steroid dienone is 8. The molecule has 2 N–H and O–H groups in total. The van der Waals surface area contributed by atoms with E-state index in [4.69, 9.17) is 24.1 Å². The number of esters is 1. The Morgan fingerprint density at radius 1 is 1.00 bits per heavy atom. The quantitative estimate of drug-likeness (QED) is 0.388. The van der Waals surface area contributed by atoms with Gasteiger partial charge in [0.25, 0.3) is 0 Å². The minimum Gasteiger partial charge on any atom is -0.466 e. The third-order valence-corrected chi connectivity index (χ3v) is 10.1. The lowest BCUT2D eigenvalue weighted by molar-refractivity contribution is -0.143. The zero-order valence-corrected chi connectivity index (χ0v) is 28.5. The molecule has 246 valence electrons. The van der Waals surface area contributed by atoms with E-state index in [1.54, 1.807) is 14.0 Å². The number of Topliss-reactive ketones (excluding diaryl/α,β-unsaturated/α-hetero) is 1. The van der Waals surface area contributed by atoms with Crippen LogP contribution in [0.3, 0.4) is 0 Å². The van der Waals surface area contributed by atoms with E-state index in [0.717, 1.165) is 46.6 Å². The molecule has 4 atom stereocenters. The van der Waals surface area contributed by atoms with Crippen LogP contribution in [0.1, 0.15) is 79.7 Å². The molecule has 6 heterocycles. The molecule has 1 aromatic heterocycles. The molecule has 0 spiro atoms. The summed E-state index contributed by atoms with van der Waals surface area (Å²) in [5.74, 6) is -0.101. The van der Waals surface area contributed by atoms with Crippen LogP contribution in [0.25, 0.3) is 11.3 Å². The van der Waals surface area contributed by atoms with Crippen LogP contribution in [0.4, 0.5) is 5.88 Å². The van der Waals surface area contributed by atoms with Gasteiger partial charge in [0.05, 0.1) is 40.3 Å². The van der Waals surface area contributed by atoms with Gasteiger partial charge in [-0.3, -0.25) is 14.6 Å². The fourth-order valence-electron chi connectivity index (χ4n) is 7.44. The first-order chi connectivity index (χ1) is 22.5. The Morgan fingerprint density at radius 2 is 1.77 bits per heavy atom. The number of carbonyl (C=O) groups excluding carboxylic acids is 2. The SMILES string of the molecule is CCCOC(=O)CC[C@@H]1C2=c3c(=O)oc(NC)c4c3=NC(=C4C)C=C3NC(=CC4=NC(=CC(=N2)[C@H]1C)C(C)=C4C(C)=O)[C@H](C)[C@H]3CC. The van der Waals surface area contributed by atoms with Gasteiger partial charge in [0.15, 0.2) is 5.78 Å². The van der Waals surface area contributed by atoms with E-state index in [0.29, 0.717) is 57.9 Å². The molecule has 0 aromatic carbocycles. The smallest absolute Gasteiger partial charge is 0.348 e. The van der Waals surface area contributed by atoms with E-state index in [1.807, 2.05) is 39.8 Å². The molecule has 0 saturated carbocycles. The van der Waals surface area contributed by atoms with Gasteiger partial charge < -0.3 is 19.8 Å². The molecule has 1 saturated heterocycles.